The van der Waals surface area contributed by atoms with E-state index in [9.17, 15) is 4.79 Å². The van der Waals surface area contributed by atoms with Crippen LogP contribution in [-0.4, -0.2) is 30.3 Å². The van der Waals surface area contributed by atoms with Crippen molar-refractivity contribution >= 4 is 16.8 Å². The lowest BCUT2D eigenvalue weighted by molar-refractivity contribution is 0.0890. The first-order valence-corrected chi connectivity index (χ1v) is 6.57. The molecule has 0 radical (unpaired) electrons. The predicted octanol–water partition coefficient (Wildman–Crippen LogP) is 3.10. The first kappa shape index (κ1) is 11.5. The molecule has 0 amide bonds. The lowest BCUT2D eigenvalue weighted by Crippen LogP contribution is -2.34. The minimum atomic E-state index is 0.0908. The molecule has 0 saturated carbocycles. The van der Waals surface area contributed by atoms with Gasteiger partial charge in [-0.05, 0) is 38.1 Å². The summed E-state index contributed by atoms with van der Waals surface area (Å²) in [6, 6.07) is 9.59. The van der Waals surface area contributed by atoms with Crippen LogP contribution in [0, 0.1) is 0 Å². The molecule has 3 heteroatoms. The van der Waals surface area contributed by atoms with Gasteiger partial charge in [0.15, 0.2) is 5.76 Å². The minimum Gasteiger partial charge on any atom is -0.453 e. The van der Waals surface area contributed by atoms with Crippen LogP contribution in [0.3, 0.4) is 0 Å². The number of para-hydroxylation sites is 1. The van der Waals surface area contributed by atoms with Crippen LogP contribution in [-0.2, 0) is 0 Å². The predicted molar refractivity (Wildman–Crippen MR) is 70.8 cm³/mol. The highest BCUT2D eigenvalue weighted by molar-refractivity contribution is 5.98. The maximum Gasteiger partial charge on any atom is 0.211 e. The minimum absolute atomic E-state index is 0.0908. The molecule has 0 spiro atoms. The van der Waals surface area contributed by atoms with E-state index in [1.807, 2.05) is 30.3 Å². The molecular weight excluding hydrogens is 226 g/mol. The molecule has 94 valence electrons. The zero-order valence-corrected chi connectivity index (χ0v) is 10.4. The number of hydrogen-bond donors (Lipinski definition) is 0. The van der Waals surface area contributed by atoms with Crippen LogP contribution in [0.5, 0.6) is 0 Å². The Labute approximate surface area is 106 Å². The summed E-state index contributed by atoms with van der Waals surface area (Å²) in [6.45, 7) is 2.55. The van der Waals surface area contributed by atoms with E-state index in [1.54, 1.807) is 0 Å². The van der Waals surface area contributed by atoms with Crippen molar-refractivity contribution in [2.75, 3.05) is 19.6 Å². The summed E-state index contributed by atoms with van der Waals surface area (Å²) in [5.41, 5.74) is 0.791. The zero-order valence-electron chi connectivity index (χ0n) is 10.4. The van der Waals surface area contributed by atoms with Crippen molar-refractivity contribution in [3.8, 4) is 0 Å². The topological polar surface area (TPSA) is 33.5 Å². The van der Waals surface area contributed by atoms with Crippen LogP contribution in [0.15, 0.2) is 34.7 Å². The first-order valence-electron chi connectivity index (χ1n) is 6.57. The maximum atomic E-state index is 12.1. The number of Topliss-reactive ketones (excluding diaryl/α,β-unsaturated/α-hetero) is 1. The Hall–Kier alpha value is -1.61. The zero-order chi connectivity index (χ0) is 12.4. The van der Waals surface area contributed by atoms with Crippen molar-refractivity contribution in [2.45, 2.75) is 19.3 Å². The van der Waals surface area contributed by atoms with Gasteiger partial charge in [0.05, 0.1) is 6.54 Å². The molecule has 3 nitrogen and oxygen atoms in total. The number of rotatable bonds is 3. The Kier molecular flexibility index (Phi) is 3.15. The molecule has 0 N–H and O–H groups in total. The number of carbonyl (C=O) groups excluding carboxylic acids is 1. The summed E-state index contributed by atoms with van der Waals surface area (Å²) in [6.07, 6.45) is 3.69. The van der Waals surface area contributed by atoms with Crippen molar-refractivity contribution in [1.29, 1.82) is 0 Å². The fraction of sp³-hybridized carbons (Fsp3) is 0.400. The highest BCUT2D eigenvalue weighted by Gasteiger charge is 2.17. The Bertz CT molecular complexity index is 519. The molecule has 18 heavy (non-hydrogen) atoms. The normalized spacial score (nSPS) is 17.1. The average molecular weight is 243 g/mol. The van der Waals surface area contributed by atoms with E-state index < -0.39 is 0 Å². The van der Waals surface area contributed by atoms with Gasteiger partial charge in [-0.15, -0.1) is 0 Å². The van der Waals surface area contributed by atoms with E-state index in [4.69, 9.17) is 4.42 Å². The number of nitrogens with zero attached hydrogens (tertiary/aromatic N) is 1. The summed E-state index contributed by atoms with van der Waals surface area (Å²) in [5, 5.41) is 1.000. The third-order valence-corrected chi connectivity index (χ3v) is 3.52. The van der Waals surface area contributed by atoms with Crippen molar-refractivity contribution in [2.24, 2.45) is 0 Å². The second-order valence-electron chi connectivity index (χ2n) is 4.91. The van der Waals surface area contributed by atoms with Gasteiger partial charge >= 0.3 is 0 Å². The number of hydrogen-bond acceptors (Lipinski definition) is 3. The van der Waals surface area contributed by atoms with E-state index in [-0.39, 0.29) is 5.78 Å². The lowest BCUT2D eigenvalue weighted by Gasteiger charge is -2.25. The standard InChI is InChI=1S/C15H17NO2/c17-13(11-16-8-4-1-5-9-16)15-10-12-6-2-3-7-14(12)18-15/h2-3,6-7,10H,1,4-5,8-9,11H2. The molecule has 0 bridgehead atoms. The summed E-state index contributed by atoms with van der Waals surface area (Å²) in [5.74, 6) is 0.579. The lowest BCUT2D eigenvalue weighted by atomic mass is 10.1. The van der Waals surface area contributed by atoms with Crippen LogP contribution in [0.25, 0.3) is 11.0 Å². The smallest absolute Gasteiger partial charge is 0.211 e. The number of piperidine rings is 1. The fourth-order valence-electron chi connectivity index (χ4n) is 2.52. The van der Waals surface area contributed by atoms with E-state index >= 15 is 0 Å². The van der Waals surface area contributed by atoms with Crippen LogP contribution >= 0.6 is 0 Å². The molecule has 1 saturated heterocycles. The molecule has 0 unspecified atom stereocenters. The molecule has 3 rings (SSSR count). The van der Waals surface area contributed by atoms with Crippen molar-refractivity contribution in [3.05, 3.63) is 36.1 Å². The van der Waals surface area contributed by atoms with E-state index in [1.165, 1.54) is 19.3 Å². The third kappa shape index (κ3) is 2.31. The van der Waals surface area contributed by atoms with Crippen LogP contribution in [0.1, 0.15) is 29.8 Å². The Morgan fingerprint density at radius 3 is 2.72 bits per heavy atom. The van der Waals surface area contributed by atoms with Gasteiger partial charge in [-0.3, -0.25) is 9.69 Å². The van der Waals surface area contributed by atoms with E-state index in [2.05, 4.69) is 4.90 Å². The van der Waals surface area contributed by atoms with Crippen molar-refractivity contribution in [3.63, 3.8) is 0 Å². The van der Waals surface area contributed by atoms with E-state index in [0.29, 0.717) is 12.3 Å². The van der Waals surface area contributed by atoms with E-state index in [0.717, 1.165) is 24.1 Å². The molecular formula is C15H17NO2. The summed E-state index contributed by atoms with van der Waals surface area (Å²) >= 11 is 0. The van der Waals surface area contributed by atoms with Gasteiger partial charge in [-0.25, -0.2) is 0 Å². The largest absolute Gasteiger partial charge is 0.453 e. The molecule has 1 aliphatic heterocycles. The Morgan fingerprint density at radius 2 is 1.94 bits per heavy atom. The maximum absolute atomic E-state index is 12.1. The molecule has 1 fully saturated rings. The third-order valence-electron chi connectivity index (χ3n) is 3.52. The number of carbonyl (C=O) groups is 1. The molecule has 1 aliphatic rings. The number of likely N-dealkylation sites (tertiary alicyclic amines) is 1. The van der Waals surface area contributed by atoms with Crippen LogP contribution in [0.4, 0.5) is 0 Å². The fourth-order valence-corrected chi connectivity index (χ4v) is 2.52. The summed E-state index contributed by atoms with van der Waals surface area (Å²) in [7, 11) is 0. The average Bonchev–Trinajstić information content (AvgIpc) is 2.84. The molecule has 2 aromatic rings. The number of furan rings is 1. The van der Waals surface area contributed by atoms with Crippen LogP contribution in [0.2, 0.25) is 0 Å². The van der Waals surface area contributed by atoms with Crippen molar-refractivity contribution in [1.82, 2.24) is 4.90 Å². The Morgan fingerprint density at radius 1 is 1.17 bits per heavy atom. The van der Waals surface area contributed by atoms with Crippen LogP contribution < -0.4 is 0 Å². The summed E-state index contributed by atoms with van der Waals surface area (Å²) < 4.78 is 5.60. The number of ketones is 1. The second-order valence-corrected chi connectivity index (χ2v) is 4.91. The van der Waals surface area contributed by atoms with Gasteiger partial charge in [0.2, 0.25) is 5.78 Å². The molecule has 1 aromatic heterocycles. The number of fused-ring (bicyclic) bond motifs is 1. The van der Waals surface area contributed by atoms with Gasteiger partial charge in [0.1, 0.15) is 5.58 Å². The molecule has 1 aromatic carbocycles. The highest BCUT2D eigenvalue weighted by Crippen LogP contribution is 2.19. The molecule has 0 atom stereocenters. The second kappa shape index (κ2) is 4.94. The van der Waals surface area contributed by atoms with Crippen molar-refractivity contribution < 1.29 is 9.21 Å². The SMILES string of the molecule is O=C(CN1CCCCC1)c1cc2ccccc2o1. The number of benzene rings is 1. The Balaban J connectivity index is 1.74. The van der Waals surface area contributed by atoms with Gasteiger partial charge < -0.3 is 4.42 Å². The van der Waals surface area contributed by atoms with Gasteiger partial charge in [-0.2, -0.15) is 0 Å². The molecule has 0 aliphatic carbocycles. The van der Waals surface area contributed by atoms with Gasteiger partial charge in [0.25, 0.3) is 0 Å². The highest BCUT2D eigenvalue weighted by atomic mass is 16.3. The summed E-state index contributed by atoms with van der Waals surface area (Å²) in [4.78, 5) is 14.4. The quantitative estimate of drug-likeness (QED) is 0.777. The first-order chi connectivity index (χ1) is 8.83. The van der Waals surface area contributed by atoms with Gasteiger partial charge in [-0.1, -0.05) is 24.6 Å². The monoisotopic (exact) mass is 243 g/mol. The van der Waals surface area contributed by atoms with Gasteiger partial charge in [0, 0.05) is 5.39 Å². The molecule has 2 heterocycles.